The maximum absolute atomic E-state index is 14.2. The number of hydrogen-bond acceptors (Lipinski definition) is 9. The second kappa shape index (κ2) is 11.9. The van der Waals surface area contributed by atoms with Gasteiger partial charge in [-0.3, -0.25) is 24.1 Å². The topological polar surface area (TPSA) is 129 Å². The molecule has 1 N–H and O–H groups in total. The molecular weight excluding hydrogens is 608 g/mol. The normalized spacial score (nSPS) is 23.5. The SMILES string of the molecule is COc1cccc([C@H]2C3=CC[C@@H]4C(=O)N(c5ccc(N=Nc6ccc(N(C)C)cc6)cc5)C(=O)[C@@H]4[C@@H]3CC3=C2C(=O)C=C(C)C3=O)c1O. The summed E-state index contributed by atoms with van der Waals surface area (Å²) in [4.78, 5) is 58.4. The van der Waals surface area contributed by atoms with Gasteiger partial charge in [-0.15, -0.1) is 0 Å². The Morgan fingerprint density at radius 1 is 0.875 bits per heavy atom. The van der Waals surface area contributed by atoms with Crippen molar-refractivity contribution in [3.8, 4) is 11.5 Å². The van der Waals surface area contributed by atoms with Gasteiger partial charge in [0.15, 0.2) is 23.1 Å². The van der Waals surface area contributed by atoms with Crippen molar-refractivity contribution in [1.29, 1.82) is 0 Å². The highest BCUT2D eigenvalue weighted by Gasteiger charge is 2.56. The van der Waals surface area contributed by atoms with E-state index in [0.717, 1.165) is 11.3 Å². The number of anilines is 2. The lowest BCUT2D eigenvalue weighted by Crippen LogP contribution is -2.39. The second-order valence-corrected chi connectivity index (χ2v) is 12.8. The summed E-state index contributed by atoms with van der Waals surface area (Å²) in [5.41, 5.74) is 4.86. The molecule has 0 saturated carbocycles. The van der Waals surface area contributed by atoms with Gasteiger partial charge < -0.3 is 14.7 Å². The van der Waals surface area contributed by atoms with Gasteiger partial charge in [-0.25, -0.2) is 0 Å². The van der Waals surface area contributed by atoms with E-state index in [4.69, 9.17) is 4.74 Å². The van der Waals surface area contributed by atoms with Crippen molar-refractivity contribution in [1.82, 2.24) is 0 Å². The lowest BCUT2D eigenvalue weighted by atomic mass is 9.59. The molecule has 0 bridgehead atoms. The number of nitrogens with zero attached hydrogens (tertiary/aromatic N) is 4. The summed E-state index contributed by atoms with van der Waals surface area (Å²) in [7, 11) is 5.36. The molecule has 0 spiro atoms. The number of fused-ring (bicyclic) bond motifs is 3. The van der Waals surface area contributed by atoms with Gasteiger partial charge in [-0.05, 0) is 86.4 Å². The Hall–Kier alpha value is -5.64. The van der Waals surface area contributed by atoms with E-state index >= 15 is 0 Å². The molecular formula is C38H34N4O6. The van der Waals surface area contributed by atoms with Crippen LogP contribution in [-0.4, -0.2) is 49.7 Å². The first kappa shape index (κ1) is 31.0. The van der Waals surface area contributed by atoms with Gasteiger partial charge in [0.05, 0.1) is 36.0 Å². The minimum atomic E-state index is -0.767. The van der Waals surface area contributed by atoms with Crippen LogP contribution in [0.2, 0.25) is 0 Å². The van der Waals surface area contributed by atoms with Crippen LogP contribution in [0.5, 0.6) is 11.5 Å². The molecule has 1 fully saturated rings. The molecule has 0 aromatic heterocycles. The summed E-state index contributed by atoms with van der Waals surface area (Å²) in [5.74, 6) is -3.76. The third-order valence-corrected chi connectivity index (χ3v) is 9.88. The number of phenolic OH excluding ortho intramolecular Hbond substituents is 1. The highest BCUT2D eigenvalue weighted by atomic mass is 16.5. The van der Waals surface area contributed by atoms with Gasteiger partial charge in [0.2, 0.25) is 11.8 Å². The minimum absolute atomic E-state index is 0.134. The molecule has 3 aromatic carbocycles. The van der Waals surface area contributed by atoms with E-state index in [2.05, 4.69) is 10.2 Å². The van der Waals surface area contributed by atoms with Crippen LogP contribution >= 0.6 is 0 Å². The average molecular weight is 643 g/mol. The number of benzene rings is 3. The van der Waals surface area contributed by atoms with Gasteiger partial charge in [0.25, 0.3) is 0 Å². The molecule has 0 unspecified atom stereocenters. The first-order valence-electron chi connectivity index (χ1n) is 15.8. The lowest BCUT2D eigenvalue weighted by Gasteiger charge is -2.42. The van der Waals surface area contributed by atoms with Gasteiger partial charge in [0, 0.05) is 48.0 Å². The molecule has 1 aliphatic heterocycles. The zero-order chi connectivity index (χ0) is 33.9. The quantitative estimate of drug-likeness (QED) is 0.140. The monoisotopic (exact) mass is 642 g/mol. The fourth-order valence-corrected chi connectivity index (χ4v) is 7.53. The first-order valence-corrected chi connectivity index (χ1v) is 15.8. The van der Waals surface area contributed by atoms with Crippen molar-refractivity contribution in [2.24, 2.45) is 28.0 Å². The van der Waals surface area contributed by atoms with Gasteiger partial charge in [-0.1, -0.05) is 23.8 Å². The molecule has 0 radical (unpaired) electrons. The van der Waals surface area contributed by atoms with Crippen molar-refractivity contribution in [3.63, 3.8) is 0 Å². The summed E-state index contributed by atoms with van der Waals surface area (Å²) in [5, 5.41) is 19.8. The van der Waals surface area contributed by atoms with Crippen molar-refractivity contribution in [3.05, 3.63) is 107 Å². The number of rotatable bonds is 6. The number of amides is 2. The number of hydrogen-bond donors (Lipinski definition) is 1. The standard InChI is InChI=1S/C38H34N4O6/c1-20-18-30(43)34-29(35(20)44)19-28-25(32(34)26-6-5-7-31(48-4)36(26)45)16-17-27-33(28)38(47)42(37(27)46)24-14-10-22(11-15-24)40-39-21-8-12-23(13-9-21)41(2)3/h5-16,18,27-28,32-33,45H,17,19H2,1-4H3/t27-,28+,32+,33-/m0/s1. The Bertz CT molecular complexity index is 2010. The van der Waals surface area contributed by atoms with Crippen LogP contribution in [0, 0.1) is 17.8 Å². The molecule has 7 rings (SSSR count). The zero-order valence-corrected chi connectivity index (χ0v) is 27.0. The third kappa shape index (κ3) is 4.95. The predicted molar refractivity (Wildman–Crippen MR) is 180 cm³/mol. The molecule has 4 atom stereocenters. The van der Waals surface area contributed by atoms with E-state index in [9.17, 15) is 24.3 Å². The summed E-state index contributed by atoms with van der Waals surface area (Å²) in [6.45, 7) is 1.60. The zero-order valence-electron chi connectivity index (χ0n) is 27.0. The maximum Gasteiger partial charge on any atom is 0.238 e. The molecule has 2 amide bonds. The Morgan fingerprint density at radius 3 is 2.19 bits per heavy atom. The number of aromatic hydroxyl groups is 1. The summed E-state index contributed by atoms with van der Waals surface area (Å²) in [6, 6.07) is 19.5. The summed E-state index contributed by atoms with van der Waals surface area (Å²) >= 11 is 0. The van der Waals surface area contributed by atoms with E-state index in [0.29, 0.717) is 39.3 Å². The predicted octanol–water partition coefficient (Wildman–Crippen LogP) is 6.52. The minimum Gasteiger partial charge on any atom is -0.504 e. The lowest BCUT2D eigenvalue weighted by molar-refractivity contribution is -0.123. The first-order chi connectivity index (χ1) is 23.1. The number of allylic oxidation sites excluding steroid dienone is 6. The van der Waals surface area contributed by atoms with E-state index in [-0.39, 0.29) is 47.7 Å². The molecule has 242 valence electrons. The molecule has 3 aliphatic carbocycles. The van der Waals surface area contributed by atoms with Crippen LogP contribution in [0.15, 0.2) is 111 Å². The van der Waals surface area contributed by atoms with Gasteiger partial charge in [0.1, 0.15) is 0 Å². The highest BCUT2D eigenvalue weighted by molar-refractivity contribution is 6.25. The second-order valence-electron chi connectivity index (χ2n) is 12.8. The average Bonchev–Trinajstić information content (AvgIpc) is 3.35. The van der Waals surface area contributed by atoms with Gasteiger partial charge in [-0.2, -0.15) is 10.2 Å². The molecule has 10 nitrogen and oxygen atoms in total. The number of methoxy groups -OCH3 is 1. The molecule has 3 aromatic rings. The third-order valence-electron chi connectivity index (χ3n) is 9.88. The number of carbonyl (C=O) groups is 4. The van der Waals surface area contributed by atoms with Crippen molar-refractivity contribution >= 4 is 46.1 Å². The molecule has 4 aliphatic rings. The number of Topliss-reactive ketones (excluding diaryl/α,β-unsaturated/α-hetero) is 1. The van der Waals surface area contributed by atoms with Crippen LogP contribution in [0.1, 0.15) is 31.2 Å². The molecule has 48 heavy (non-hydrogen) atoms. The maximum atomic E-state index is 14.2. The molecule has 10 heteroatoms. The molecule has 1 heterocycles. The Labute approximate surface area is 277 Å². The van der Waals surface area contributed by atoms with Crippen molar-refractivity contribution in [2.75, 3.05) is 31.0 Å². The van der Waals surface area contributed by atoms with E-state index < -0.39 is 23.7 Å². The van der Waals surface area contributed by atoms with E-state index in [1.165, 1.54) is 18.1 Å². The van der Waals surface area contributed by atoms with Crippen LogP contribution in [-0.2, 0) is 19.2 Å². The number of carbonyl (C=O) groups excluding carboxylic acids is 4. The van der Waals surface area contributed by atoms with E-state index in [1.807, 2.05) is 49.3 Å². The number of imide groups is 1. The summed E-state index contributed by atoms with van der Waals surface area (Å²) < 4.78 is 5.37. The fourth-order valence-electron chi connectivity index (χ4n) is 7.53. The van der Waals surface area contributed by atoms with Gasteiger partial charge >= 0.3 is 0 Å². The fraction of sp³-hybridized carbons (Fsp3) is 0.263. The van der Waals surface area contributed by atoms with Crippen LogP contribution in [0.3, 0.4) is 0 Å². The number of ketones is 2. The Kier molecular flexibility index (Phi) is 7.66. The summed E-state index contributed by atoms with van der Waals surface area (Å²) in [6.07, 6.45) is 3.71. The van der Waals surface area contributed by atoms with E-state index in [1.54, 1.807) is 49.4 Å². The largest absolute Gasteiger partial charge is 0.504 e. The van der Waals surface area contributed by atoms with Crippen molar-refractivity contribution < 1.29 is 29.0 Å². The molecule has 1 saturated heterocycles. The van der Waals surface area contributed by atoms with Crippen LogP contribution < -0.4 is 14.5 Å². The van der Waals surface area contributed by atoms with Crippen LogP contribution in [0.4, 0.5) is 22.7 Å². The number of azo groups is 1. The Balaban J connectivity index is 1.21. The smallest absolute Gasteiger partial charge is 0.238 e. The number of para-hydroxylation sites is 1. The van der Waals surface area contributed by atoms with Crippen molar-refractivity contribution in [2.45, 2.75) is 25.7 Å². The number of ether oxygens (including phenoxy) is 1. The number of phenols is 1. The van der Waals surface area contributed by atoms with Crippen LogP contribution in [0.25, 0.3) is 0 Å². The highest BCUT2D eigenvalue weighted by Crippen LogP contribution is 2.57. The Morgan fingerprint density at radius 2 is 1.54 bits per heavy atom.